The van der Waals surface area contributed by atoms with Crippen LogP contribution in [0.25, 0.3) is 11.5 Å². The largest absolute Gasteiger partial charge is 0.482 e. The zero-order valence-electron chi connectivity index (χ0n) is 20.5. The van der Waals surface area contributed by atoms with Crippen LogP contribution in [-0.4, -0.2) is 28.4 Å². The molecule has 0 saturated heterocycles. The van der Waals surface area contributed by atoms with Gasteiger partial charge in [-0.1, -0.05) is 65.3 Å². The Morgan fingerprint density at radius 3 is 2.44 bits per heavy atom. The van der Waals surface area contributed by atoms with Gasteiger partial charge in [-0.05, 0) is 55.7 Å². The molecular formula is C29H28N2O5. The van der Waals surface area contributed by atoms with Crippen LogP contribution in [0.4, 0.5) is 0 Å². The Balaban J connectivity index is 1.50. The number of benzene rings is 3. The number of ether oxygens (including phenoxy) is 1. The van der Waals surface area contributed by atoms with E-state index < -0.39 is 5.97 Å². The van der Waals surface area contributed by atoms with Gasteiger partial charge in [0.15, 0.2) is 13.2 Å². The third-order valence-corrected chi connectivity index (χ3v) is 5.64. The van der Waals surface area contributed by atoms with Crippen molar-refractivity contribution < 1.29 is 23.9 Å². The van der Waals surface area contributed by atoms with Gasteiger partial charge in [0.25, 0.3) is 0 Å². The van der Waals surface area contributed by atoms with Gasteiger partial charge in [0.2, 0.25) is 5.89 Å². The number of nitrogens with zero attached hydrogens (tertiary/aromatic N) is 2. The molecule has 7 heteroatoms. The molecule has 0 aliphatic heterocycles. The third kappa shape index (κ3) is 6.39. The Bertz CT molecular complexity index is 1360. The summed E-state index contributed by atoms with van der Waals surface area (Å²) in [5.41, 5.74) is 6.33. The first kappa shape index (κ1) is 24.7. The van der Waals surface area contributed by atoms with Crippen molar-refractivity contribution in [2.45, 2.75) is 33.8 Å². The number of hydrogen-bond acceptors (Lipinski definition) is 6. The summed E-state index contributed by atoms with van der Waals surface area (Å²) in [5.74, 6) is 0.776. The maximum Gasteiger partial charge on any atom is 0.341 e. The maximum atomic E-state index is 10.8. The minimum absolute atomic E-state index is 0.179. The maximum absolute atomic E-state index is 10.8. The van der Waals surface area contributed by atoms with E-state index in [4.69, 9.17) is 19.1 Å². The fourth-order valence-electron chi connectivity index (χ4n) is 3.69. The summed E-state index contributed by atoms with van der Waals surface area (Å²) >= 11 is 0. The molecule has 0 aliphatic rings. The predicted molar refractivity (Wildman–Crippen MR) is 137 cm³/mol. The van der Waals surface area contributed by atoms with E-state index in [-0.39, 0.29) is 13.2 Å². The summed E-state index contributed by atoms with van der Waals surface area (Å²) in [6.07, 6.45) is 0.524. The van der Waals surface area contributed by atoms with E-state index in [1.807, 2.05) is 87.5 Å². The number of rotatable bonds is 10. The normalized spacial score (nSPS) is 11.4. The lowest BCUT2D eigenvalue weighted by Gasteiger charge is -2.11. The van der Waals surface area contributed by atoms with Gasteiger partial charge < -0.3 is 19.1 Å². The molecule has 184 valence electrons. The summed E-state index contributed by atoms with van der Waals surface area (Å²) < 4.78 is 11.2. The molecule has 0 bridgehead atoms. The van der Waals surface area contributed by atoms with Gasteiger partial charge in [-0.25, -0.2) is 9.78 Å². The molecule has 0 aliphatic carbocycles. The summed E-state index contributed by atoms with van der Waals surface area (Å²) in [6, 6.07) is 23.5. The van der Waals surface area contributed by atoms with E-state index in [1.54, 1.807) is 6.07 Å². The Morgan fingerprint density at radius 1 is 1.00 bits per heavy atom. The van der Waals surface area contributed by atoms with Gasteiger partial charge in [0, 0.05) is 12.0 Å². The van der Waals surface area contributed by atoms with Crippen LogP contribution in [-0.2, 0) is 22.7 Å². The van der Waals surface area contributed by atoms with Gasteiger partial charge >= 0.3 is 5.97 Å². The number of carboxylic acid groups (broad SMARTS) is 1. The quantitative estimate of drug-likeness (QED) is 0.223. The third-order valence-electron chi connectivity index (χ3n) is 5.64. The number of carbonyl (C=O) groups is 1. The summed E-state index contributed by atoms with van der Waals surface area (Å²) in [6.45, 7) is 5.59. The van der Waals surface area contributed by atoms with Crippen LogP contribution in [0.15, 0.2) is 82.4 Å². The molecule has 7 nitrogen and oxygen atoms in total. The highest BCUT2D eigenvalue weighted by Crippen LogP contribution is 2.23. The molecule has 1 aromatic heterocycles. The lowest BCUT2D eigenvalue weighted by atomic mass is 10.0. The average molecular weight is 485 g/mol. The molecule has 0 unspecified atom stereocenters. The fourth-order valence-corrected chi connectivity index (χ4v) is 3.69. The highest BCUT2D eigenvalue weighted by atomic mass is 16.6. The second-order valence-electron chi connectivity index (χ2n) is 8.52. The number of oxazole rings is 1. The van der Waals surface area contributed by atoms with Crippen molar-refractivity contribution in [3.63, 3.8) is 0 Å². The number of aliphatic carboxylic acids is 1. The molecular weight excluding hydrogens is 456 g/mol. The summed E-state index contributed by atoms with van der Waals surface area (Å²) in [7, 11) is 0. The van der Waals surface area contributed by atoms with E-state index >= 15 is 0 Å². The molecule has 0 spiro atoms. The second-order valence-corrected chi connectivity index (χ2v) is 8.52. The lowest BCUT2D eigenvalue weighted by Crippen LogP contribution is -2.10. The molecule has 0 saturated carbocycles. The first-order chi connectivity index (χ1) is 17.4. The first-order valence-corrected chi connectivity index (χ1v) is 11.6. The number of aromatic nitrogens is 1. The van der Waals surface area contributed by atoms with Crippen molar-refractivity contribution in [2.24, 2.45) is 5.16 Å². The Kier molecular flexibility index (Phi) is 7.80. The Labute approximate surface area is 210 Å². The number of hydrogen-bond donors (Lipinski definition) is 1. The molecule has 0 amide bonds. The predicted octanol–water partition coefficient (Wildman–Crippen LogP) is 5.89. The first-order valence-electron chi connectivity index (χ1n) is 11.6. The van der Waals surface area contributed by atoms with Crippen LogP contribution in [0.3, 0.4) is 0 Å². The zero-order valence-corrected chi connectivity index (χ0v) is 20.5. The minimum atomic E-state index is -1.01. The SMILES string of the molecule is Cc1ccc(-c2nc(CON=C(Cc3ccc(OCC(=O)O)c(C)c3)c3ccccc3)c(C)o2)cc1. The molecule has 4 aromatic rings. The number of oxime groups is 1. The van der Waals surface area contributed by atoms with Gasteiger partial charge in [-0.15, -0.1) is 0 Å². The van der Waals surface area contributed by atoms with E-state index in [1.165, 1.54) is 5.56 Å². The lowest BCUT2D eigenvalue weighted by molar-refractivity contribution is -0.139. The topological polar surface area (TPSA) is 94.2 Å². The standard InChI is InChI=1S/C29H28N2O5/c1-19-9-12-24(13-10-19)29-30-26(21(3)36-29)17-35-31-25(23-7-5-4-6-8-23)16-22-11-14-27(20(2)15-22)34-18-28(32)33/h4-15H,16-18H2,1-3H3,(H,32,33). The van der Waals surface area contributed by atoms with Gasteiger partial charge in [0.05, 0.1) is 5.71 Å². The molecule has 3 aromatic carbocycles. The van der Waals surface area contributed by atoms with Crippen molar-refractivity contribution in [3.05, 3.63) is 107 Å². The summed E-state index contributed by atoms with van der Waals surface area (Å²) in [5, 5.41) is 13.3. The number of carboxylic acids is 1. The van der Waals surface area contributed by atoms with Crippen molar-refractivity contribution in [3.8, 4) is 17.2 Å². The van der Waals surface area contributed by atoms with Crippen molar-refractivity contribution in [2.75, 3.05) is 6.61 Å². The van der Waals surface area contributed by atoms with Crippen LogP contribution in [0.5, 0.6) is 5.75 Å². The van der Waals surface area contributed by atoms with E-state index in [0.29, 0.717) is 29.5 Å². The van der Waals surface area contributed by atoms with Crippen LogP contribution in [0, 0.1) is 20.8 Å². The minimum Gasteiger partial charge on any atom is -0.482 e. The fraction of sp³-hybridized carbons (Fsp3) is 0.207. The smallest absolute Gasteiger partial charge is 0.341 e. The van der Waals surface area contributed by atoms with Gasteiger partial charge in [-0.3, -0.25) is 0 Å². The van der Waals surface area contributed by atoms with E-state index in [2.05, 4.69) is 10.1 Å². The average Bonchev–Trinajstić information content (AvgIpc) is 3.24. The molecule has 4 rings (SSSR count). The summed E-state index contributed by atoms with van der Waals surface area (Å²) in [4.78, 5) is 21.1. The highest BCUT2D eigenvalue weighted by Gasteiger charge is 2.13. The van der Waals surface area contributed by atoms with Gasteiger partial charge in [-0.2, -0.15) is 0 Å². The second kappa shape index (κ2) is 11.4. The highest BCUT2D eigenvalue weighted by molar-refractivity contribution is 6.01. The van der Waals surface area contributed by atoms with Gasteiger partial charge in [0.1, 0.15) is 17.2 Å². The molecule has 1 N–H and O–H groups in total. The van der Waals surface area contributed by atoms with E-state index in [9.17, 15) is 4.79 Å². The van der Waals surface area contributed by atoms with Crippen LogP contribution >= 0.6 is 0 Å². The number of aryl methyl sites for hydroxylation is 3. The van der Waals surface area contributed by atoms with Crippen LogP contribution in [0.1, 0.15) is 33.7 Å². The van der Waals surface area contributed by atoms with Crippen molar-refractivity contribution in [1.82, 2.24) is 4.98 Å². The molecule has 36 heavy (non-hydrogen) atoms. The van der Waals surface area contributed by atoms with Crippen LogP contribution in [0.2, 0.25) is 0 Å². The molecule has 0 radical (unpaired) electrons. The van der Waals surface area contributed by atoms with Crippen LogP contribution < -0.4 is 4.74 Å². The Hall–Kier alpha value is -4.39. The van der Waals surface area contributed by atoms with Crippen molar-refractivity contribution >= 4 is 11.7 Å². The Morgan fingerprint density at radius 2 is 1.75 bits per heavy atom. The molecule has 0 atom stereocenters. The van der Waals surface area contributed by atoms with Crippen molar-refractivity contribution in [1.29, 1.82) is 0 Å². The van der Waals surface area contributed by atoms with E-state index in [0.717, 1.165) is 28.0 Å². The molecule has 1 heterocycles. The molecule has 0 fully saturated rings. The zero-order chi connectivity index (χ0) is 25.5. The monoisotopic (exact) mass is 484 g/mol.